The molecule has 0 aliphatic carbocycles. The van der Waals surface area contributed by atoms with Gasteiger partial charge >= 0.3 is 6.03 Å². The van der Waals surface area contributed by atoms with E-state index in [2.05, 4.69) is 19.2 Å². The van der Waals surface area contributed by atoms with Crippen molar-refractivity contribution in [3.63, 3.8) is 0 Å². The van der Waals surface area contributed by atoms with Gasteiger partial charge in [0.25, 0.3) is 5.91 Å². The van der Waals surface area contributed by atoms with Gasteiger partial charge in [-0.15, -0.1) is 11.3 Å². The maximum absolute atomic E-state index is 12.5. The number of piperazine rings is 1. The normalized spacial score (nSPS) is 15.2. The minimum absolute atomic E-state index is 0.0372. The summed E-state index contributed by atoms with van der Waals surface area (Å²) in [5.41, 5.74) is 1.20. The topological polar surface area (TPSA) is 52.7 Å². The van der Waals surface area contributed by atoms with Crippen LogP contribution in [0.2, 0.25) is 0 Å². The lowest BCUT2D eigenvalue weighted by Crippen LogP contribution is -2.53. The molecule has 1 aromatic heterocycles. The standard InChI is InChI=1S/C15H23N3O2S/c1-4-12-11(3)10-13(21-12)14(19)17-6-8-18(9-7-17)15(20)16-5-2/h10H,4-9H2,1-3H3,(H,16,20). The van der Waals surface area contributed by atoms with Gasteiger partial charge in [0.1, 0.15) is 0 Å². The maximum atomic E-state index is 12.5. The van der Waals surface area contributed by atoms with E-state index >= 15 is 0 Å². The quantitative estimate of drug-likeness (QED) is 0.929. The SMILES string of the molecule is CCNC(=O)N1CCN(C(=O)c2cc(C)c(CC)s2)CC1. The van der Waals surface area contributed by atoms with E-state index in [-0.39, 0.29) is 11.9 Å². The van der Waals surface area contributed by atoms with Gasteiger partial charge < -0.3 is 15.1 Å². The number of hydrogen-bond acceptors (Lipinski definition) is 3. The summed E-state index contributed by atoms with van der Waals surface area (Å²) in [5.74, 6) is 0.0957. The fourth-order valence-electron chi connectivity index (χ4n) is 2.51. The van der Waals surface area contributed by atoms with Gasteiger partial charge in [0.2, 0.25) is 0 Å². The van der Waals surface area contributed by atoms with Crippen LogP contribution in [0.3, 0.4) is 0 Å². The molecule has 1 aromatic rings. The number of hydrogen-bond donors (Lipinski definition) is 1. The fourth-order valence-corrected chi connectivity index (χ4v) is 3.59. The van der Waals surface area contributed by atoms with Gasteiger partial charge in [-0.25, -0.2) is 4.79 Å². The number of nitrogens with one attached hydrogen (secondary N) is 1. The van der Waals surface area contributed by atoms with E-state index in [0.29, 0.717) is 32.7 Å². The molecule has 1 N–H and O–H groups in total. The van der Waals surface area contributed by atoms with Crippen molar-refractivity contribution in [3.8, 4) is 0 Å². The summed E-state index contributed by atoms with van der Waals surface area (Å²) in [5, 5.41) is 2.79. The second kappa shape index (κ2) is 6.93. The van der Waals surface area contributed by atoms with Crippen molar-refractivity contribution in [2.24, 2.45) is 0 Å². The lowest BCUT2D eigenvalue weighted by atomic mass is 10.2. The van der Waals surface area contributed by atoms with Gasteiger partial charge in [0.15, 0.2) is 0 Å². The number of urea groups is 1. The Labute approximate surface area is 129 Å². The van der Waals surface area contributed by atoms with Crippen molar-refractivity contribution in [3.05, 3.63) is 21.4 Å². The first-order valence-corrected chi connectivity index (χ1v) is 8.29. The number of carbonyl (C=O) groups excluding carboxylic acids is 2. The van der Waals surface area contributed by atoms with Crippen molar-refractivity contribution < 1.29 is 9.59 Å². The molecule has 21 heavy (non-hydrogen) atoms. The molecule has 0 unspecified atom stereocenters. The predicted octanol–water partition coefficient (Wildman–Crippen LogP) is 2.11. The van der Waals surface area contributed by atoms with Crippen LogP contribution in [0.25, 0.3) is 0 Å². The molecule has 3 amide bonds. The minimum atomic E-state index is -0.0372. The molecule has 2 rings (SSSR count). The molecule has 116 valence electrons. The highest BCUT2D eigenvalue weighted by molar-refractivity contribution is 7.14. The fraction of sp³-hybridized carbons (Fsp3) is 0.600. The Balaban J connectivity index is 1.95. The Bertz CT molecular complexity index is 519. The van der Waals surface area contributed by atoms with E-state index in [1.807, 2.05) is 17.9 Å². The molecule has 1 saturated heterocycles. The number of nitrogens with zero attached hydrogens (tertiary/aromatic N) is 2. The lowest BCUT2D eigenvalue weighted by molar-refractivity contribution is 0.0670. The van der Waals surface area contributed by atoms with Crippen LogP contribution in [0.5, 0.6) is 0 Å². The molecule has 5 nitrogen and oxygen atoms in total. The Morgan fingerprint density at radius 1 is 1.19 bits per heavy atom. The van der Waals surface area contributed by atoms with Gasteiger partial charge in [0.05, 0.1) is 4.88 Å². The largest absolute Gasteiger partial charge is 0.338 e. The van der Waals surface area contributed by atoms with Crippen LogP contribution < -0.4 is 5.32 Å². The Hall–Kier alpha value is -1.56. The molecule has 0 saturated carbocycles. The third kappa shape index (κ3) is 3.56. The molecule has 6 heteroatoms. The monoisotopic (exact) mass is 309 g/mol. The van der Waals surface area contributed by atoms with E-state index in [4.69, 9.17) is 0 Å². The molecule has 1 aliphatic rings. The van der Waals surface area contributed by atoms with Crippen molar-refractivity contribution in [1.82, 2.24) is 15.1 Å². The smallest absolute Gasteiger partial charge is 0.317 e. The number of amides is 3. The summed E-state index contributed by atoms with van der Waals surface area (Å²) in [4.78, 5) is 30.0. The van der Waals surface area contributed by atoms with Gasteiger partial charge in [-0.2, -0.15) is 0 Å². The van der Waals surface area contributed by atoms with Gasteiger partial charge in [0, 0.05) is 37.6 Å². The number of aryl methyl sites for hydroxylation is 2. The van der Waals surface area contributed by atoms with Crippen LogP contribution in [-0.2, 0) is 6.42 Å². The molecular weight excluding hydrogens is 286 g/mol. The van der Waals surface area contributed by atoms with Gasteiger partial charge in [-0.3, -0.25) is 4.79 Å². The molecule has 0 spiro atoms. The first-order valence-electron chi connectivity index (χ1n) is 7.48. The lowest BCUT2D eigenvalue weighted by Gasteiger charge is -2.34. The van der Waals surface area contributed by atoms with Crippen molar-refractivity contribution >= 4 is 23.3 Å². The van der Waals surface area contributed by atoms with Gasteiger partial charge in [-0.05, 0) is 31.9 Å². The van der Waals surface area contributed by atoms with Crippen LogP contribution in [0.15, 0.2) is 6.07 Å². The molecular formula is C15H23N3O2S. The highest BCUT2D eigenvalue weighted by Gasteiger charge is 2.25. The third-order valence-corrected chi connectivity index (χ3v) is 5.10. The molecule has 0 bridgehead atoms. The number of rotatable bonds is 3. The first kappa shape index (κ1) is 15.8. The third-order valence-electron chi connectivity index (χ3n) is 3.73. The average Bonchev–Trinajstić information content (AvgIpc) is 2.88. The molecule has 0 radical (unpaired) electrons. The maximum Gasteiger partial charge on any atom is 0.317 e. The summed E-state index contributed by atoms with van der Waals surface area (Å²) in [6.45, 7) is 9.11. The zero-order chi connectivity index (χ0) is 15.4. The summed E-state index contributed by atoms with van der Waals surface area (Å²) >= 11 is 1.59. The minimum Gasteiger partial charge on any atom is -0.338 e. The number of thiophene rings is 1. The summed E-state index contributed by atoms with van der Waals surface area (Å²) in [7, 11) is 0. The van der Waals surface area contributed by atoms with E-state index in [9.17, 15) is 9.59 Å². The van der Waals surface area contributed by atoms with Crippen LogP contribution in [0, 0.1) is 6.92 Å². The summed E-state index contributed by atoms with van der Waals surface area (Å²) in [6.07, 6.45) is 0.967. The van der Waals surface area contributed by atoms with Crippen LogP contribution in [0.1, 0.15) is 34.0 Å². The van der Waals surface area contributed by atoms with Crippen LogP contribution >= 0.6 is 11.3 Å². The molecule has 1 fully saturated rings. The second-order valence-corrected chi connectivity index (χ2v) is 6.32. The predicted molar refractivity (Wildman–Crippen MR) is 85.0 cm³/mol. The summed E-state index contributed by atoms with van der Waals surface area (Å²) < 4.78 is 0. The van der Waals surface area contributed by atoms with Crippen molar-refractivity contribution in [1.29, 1.82) is 0 Å². The Morgan fingerprint density at radius 2 is 1.81 bits per heavy atom. The molecule has 0 atom stereocenters. The highest BCUT2D eigenvalue weighted by atomic mass is 32.1. The molecule has 0 aromatic carbocycles. The van der Waals surface area contributed by atoms with E-state index in [0.717, 1.165) is 11.3 Å². The average molecular weight is 309 g/mol. The molecule has 1 aliphatic heterocycles. The first-order chi connectivity index (χ1) is 10.1. The summed E-state index contributed by atoms with van der Waals surface area (Å²) in [6, 6.07) is 1.95. The van der Waals surface area contributed by atoms with Crippen LogP contribution in [-0.4, -0.2) is 54.5 Å². The van der Waals surface area contributed by atoms with E-state index in [1.54, 1.807) is 16.2 Å². The number of carbonyl (C=O) groups is 2. The van der Waals surface area contributed by atoms with Gasteiger partial charge in [-0.1, -0.05) is 6.92 Å². The van der Waals surface area contributed by atoms with Crippen molar-refractivity contribution in [2.45, 2.75) is 27.2 Å². The zero-order valence-electron chi connectivity index (χ0n) is 12.9. The van der Waals surface area contributed by atoms with Crippen molar-refractivity contribution in [2.75, 3.05) is 32.7 Å². The Kier molecular flexibility index (Phi) is 5.22. The zero-order valence-corrected chi connectivity index (χ0v) is 13.8. The van der Waals surface area contributed by atoms with E-state index in [1.165, 1.54) is 10.4 Å². The second-order valence-electron chi connectivity index (χ2n) is 5.19. The van der Waals surface area contributed by atoms with Crippen LogP contribution in [0.4, 0.5) is 4.79 Å². The Morgan fingerprint density at radius 3 is 2.33 bits per heavy atom. The van der Waals surface area contributed by atoms with E-state index < -0.39 is 0 Å². The molecule has 2 heterocycles. The highest BCUT2D eigenvalue weighted by Crippen LogP contribution is 2.24.